The SMILES string of the molecule is CC1=CCC(NCC2CC2C)CC1. The highest BCUT2D eigenvalue weighted by Gasteiger charge is 2.32. The van der Waals surface area contributed by atoms with Crippen molar-refractivity contribution in [3.05, 3.63) is 11.6 Å². The molecule has 0 aromatic carbocycles. The topological polar surface area (TPSA) is 12.0 Å². The molecule has 2 aliphatic rings. The first-order valence-corrected chi connectivity index (χ1v) is 5.64. The molecule has 0 saturated heterocycles. The first-order chi connectivity index (χ1) is 6.25. The molecule has 3 atom stereocenters. The molecule has 13 heavy (non-hydrogen) atoms. The van der Waals surface area contributed by atoms with Crippen LogP contribution in [0.1, 0.15) is 39.5 Å². The van der Waals surface area contributed by atoms with Crippen LogP contribution in [0.25, 0.3) is 0 Å². The molecule has 2 aliphatic carbocycles. The van der Waals surface area contributed by atoms with E-state index in [-0.39, 0.29) is 0 Å². The Bertz CT molecular complexity index is 207. The fraction of sp³-hybridized carbons (Fsp3) is 0.833. The van der Waals surface area contributed by atoms with Crippen molar-refractivity contribution < 1.29 is 0 Å². The van der Waals surface area contributed by atoms with Crippen molar-refractivity contribution in [2.75, 3.05) is 6.54 Å². The third-order valence-electron chi connectivity index (χ3n) is 3.58. The van der Waals surface area contributed by atoms with Crippen LogP contribution >= 0.6 is 0 Å². The van der Waals surface area contributed by atoms with E-state index in [1.807, 2.05) is 0 Å². The minimum absolute atomic E-state index is 0.775. The Labute approximate surface area is 81.6 Å². The molecule has 74 valence electrons. The number of rotatable bonds is 3. The predicted octanol–water partition coefficient (Wildman–Crippen LogP) is 2.73. The van der Waals surface area contributed by atoms with Gasteiger partial charge in [-0.2, -0.15) is 0 Å². The Kier molecular flexibility index (Phi) is 2.73. The zero-order chi connectivity index (χ0) is 9.26. The van der Waals surface area contributed by atoms with Gasteiger partial charge in [0.1, 0.15) is 0 Å². The third kappa shape index (κ3) is 2.57. The first-order valence-electron chi connectivity index (χ1n) is 5.64. The van der Waals surface area contributed by atoms with Crippen molar-refractivity contribution in [3.8, 4) is 0 Å². The van der Waals surface area contributed by atoms with Crippen molar-refractivity contribution in [1.82, 2.24) is 5.32 Å². The molecule has 0 spiro atoms. The Morgan fingerprint density at radius 1 is 1.54 bits per heavy atom. The van der Waals surface area contributed by atoms with Crippen LogP contribution in [-0.4, -0.2) is 12.6 Å². The molecule has 0 radical (unpaired) electrons. The highest BCUT2D eigenvalue weighted by Crippen LogP contribution is 2.37. The van der Waals surface area contributed by atoms with Gasteiger partial charge in [0.15, 0.2) is 0 Å². The average molecular weight is 179 g/mol. The summed E-state index contributed by atoms with van der Waals surface area (Å²) in [7, 11) is 0. The summed E-state index contributed by atoms with van der Waals surface area (Å²) in [4.78, 5) is 0. The van der Waals surface area contributed by atoms with Gasteiger partial charge in [-0.1, -0.05) is 18.6 Å². The summed E-state index contributed by atoms with van der Waals surface area (Å²) in [5.41, 5.74) is 1.58. The fourth-order valence-electron chi connectivity index (χ4n) is 2.15. The second-order valence-corrected chi connectivity index (χ2v) is 4.90. The molecule has 0 bridgehead atoms. The lowest BCUT2D eigenvalue weighted by Gasteiger charge is -2.21. The summed E-state index contributed by atoms with van der Waals surface area (Å²) in [5.74, 6) is 1.99. The van der Waals surface area contributed by atoms with Gasteiger partial charge in [-0.05, 0) is 51.0 Å². The summed E-state index contributed by atoms with van der Waals surface area (Å²) < 4.78 is 0. The summed E-state index contributed by atoms with van der Waals surface area (Å²) >= 11 is 0. The van der Waals surface area contributed by atoms with E-state index in [1.165, 1.54) is 32.2 Å². The first kappa shape index (κ1) is 9.26. The van der Waals surface area contributed by atoms with Crippen LogP contribution in [0.15, 0.2) is 11.6 Å². The van der Waals surface area contributed by atoms with Crippen molar-refractivity contribution in [3.63, 3.8) is 0 Å². The van der Waals surface area contributed by atoms with E-state index in [1.54, 1.807) is 5.57 Å². The van der Waals surface area contributed by atoms with Gasteiger partial charge >= 0.3 is 0 Å². The van der Waals surface area contributed by atoms with Crippen molar-refractivity contribution in [2.24, 2.45) is 11.8 Å². The third-order valence-corrected chi connectivity index (χ3v) is 3.58. The van der Waals surface area contributed by atoms with Gasteiger partial charge in [0, 0.05) is 6.04 Å². The van der Waals surface area contributed by atoms with Crippen molar-refractivity contribution in [2.45, 2.75) is 45.6 Å². The highest BCUT2D eigenvalue weighted by atomic mass is 14.9. The summed E-state index contributed by atoms with van der Waals surface area (Å²) in [6, 6.07) is 0.775. The van der Waals surface area contributed by atoms with E-state index in [9.17, 15) is 0 Å². The number of hydrogen-bond donors (Lipinski definition) is 1. The van der Waals surface area contributed by atoms with Crippen molar-refractivity contribution in [1.29, 1.82) is 0 Å². The summed E-state index contributed by atoms with van der Waals surface area (Å²) in [5, 5.41) is 3.69. The predicted molar refractivity (Wildman–Crippen MR) is 56.7 cm³/mol. The monoisotopic (exact) mass is 179 g/mol. The van der Waals surface area contributed by atoms with E-state index in [0.717, 1.165) is 17.9 Å². The molecule has 1 nitrogen and oxygen atoms in total. The highest BCUT2D eigenvalue weighted by molar-refractivity contribution is 5.04. The number of allylic oxidation sites excluding steroid dienone is 1. The maximum absolute atomic E-state index is 3.69. The molecular weight excluding hydrogens is 158 g/mol. The Morgan fingerprint density at radius 3 is 2.85 bits per heavy atom. The second-order valence-electron chi connectivity index (χ2n) is 4.90. The normalized spacial score (nSPS) is 38.6. The van der Waals surface area contributed by atoms with Gasteiger partial charge < -0.3 is 5.32 Å². The van der Waals surface area contributed by atoms with Crippen LogP contribution in [0.2, 0.25) is 0 Å². The van der Waals surface area contributed by atoms with E-state index >= 15 is 0 Å². The Hall–Kier alpha value is -0.300. The molecule has 0 aliphatic heterocycles. The van der Waals surface area contributed by atoms with Crippen LogP contribution in [0.3, 0.4) is 0 Å². The van der Waals surface area contributed by atoms with Gasteiger partial charge in [0.25, 0.3) is 0 Å². The van der Waals surface area contributed by atoms with Crippen LogP contribution in [0, 0.1) is 11.8 Å². The van der Waals surface area contributed by atoms with Gasteiger partial charge in [0.05, 0.1) is 0 Å². The lowest BCUT2D eigenvalue weighted by molar-refractivity contribution is 0.451. The van der Waals surface area contributed by atoms with Gasteiger partial charge in [-0.3, -0.25) is 0 Å². The van der Waals surface area contributed by atoms with Crippen LogP contribution in [0.4, 0.5) is 0 Å². The molecule has 2 rings (SSSR count). The van der Waals surface area contributed by atoms with E-state index < -0.39 is 0 Å². The maximum Gasteiger partial charge on any atom is 0.0105 e. The van der Waals surface area contributed by atoms with Crippen molar-refractivity contribution >= 4 is 0 Å². The number of nitrogens with one attached hydrogen (secondary N) is 1. The lowest BCUT2D eigenvalue weighted by Crippen LogP contribution is -2.32. The summed E-state index contributed by atoms with van der Waals surface area (Å²) in [6.07, 6.45) is 7.76. The van der Waals surface area contributed by atoms with Gasteiger partial charge in [0.2, 0.25) is 0 Å². The zero-order valence-electron chi connectivity index (χ0n) is 8.84. The molecule has 0 amide bonds. The standard InChI is InChI=1S/C12H21N/c1-9-3-5-12(6-4-9)13-8-11-7-10(11)2/h3,10-13H,4-8H2,1-2H3. The largest absolute Gasteiger partial charge is 0.313 e. The van der Waals surface area contributed by atoms with E-state index in [2.05, 4.69) is 25.2 Å². The van der Waals surface area contributed by atoms with Crippen LogP contribution < -0.4 is 5.32 Å². The minimum Gasteiger partial charge on any atom is -0.313 e. The maximum atomic E-state index is 3.69. The van der Waals surface area contributed by atoms with Crippen LogP contribution in [-0.2, 0) is 0 Å². The smallest absolute Gasteiger partial charge is 0.0105 e. The molecule has 1 N–H and O–H groups in total. The molecule has 3 unspecified atom stereocenters. The fourth-order valence-corrected chi connectivity index (χ4v) is 2.15. The van der Waals surface area contributed by atoms with Gasteiger partial charge in [-0.15, -0.1) is 0 Å². The second kappa shape index (κ2) is 3.83. The van der Waals surface area contributed by atoms with Gasteiger partial charge in [-0.25, -0.2) is 0 Å². The quantitative estimate of drug-likeness (QED) is 0.657. The Balaban J connectivity index is 1.65. The molecule has 1 fully saturated rings. The lowest BCUT2D eigenvalue weighted by atomic mass is 9.96. The van der Waals surface area contributed by atoms with E-state index in [4.69, 9.17) is 0 Å². The molecule has 0 aromatic rings. The average Bonchev–Trinajstić information content (AvgIpc) is 2.81. The zero-order valence-corrected chi connectivity index (χ0v) is 8.84. The molecule has 0 aromatic heterocycles. The molecular formula is C12H21N. The minimum atomic E-state index is 0.775. The summed E-state index contributed by atoms with van der Waals surface area (Å²) in [6.45, 7) is 5.87. The molecule has 1 saturated carbocycles. The Morgan fingerprint density at radius 2 is 2.31 bits per heavy atom. The van der Waals surface area contributed by atoms with E-state index in [0.29, 0.717) is 0 Å². The number of hydrogen-bond acceptors (Lipinski definition) is 1. The molecule has 1 heteroatoms. The molecule has 0 heterocycles. The van der Waals surface area contributed by atoms with Crippen LogP contribution in [0.5, 0.6) is 0 Å².